The molecule has 0 fully saturated rings. The Balaban J connectivity index is 2.00. The monoisotopic (exact) mass is 378 g/mol. The van der Waals surface area contributed by atoms with Gasteiger partial charge in [0.25, 0.3) is 5.91 Å². The molecule has 7 nitrogen and oxygen atoms in total. The van der Waals surface area contributed by atoms with Gasteiger partial charge in [-0.1, -0.05) is 30.3 Å². The topological polar surface area (TPSA) is 85.3 Å². The van der Waals surface area contributed by atoms with Gasteiger partial charge in [0.05, 0.1) is 24.9 Å². The fourth-order valence-electron chi connectivity index (χ4n) is 2.81. The van der Waals surface area contributed by atoms with Crippen LogP contribution in [0.5, 0.6) is 5.75 Å². The van der Waals surface area contributed by atoms with Crippen LogP contribution in [0.1, 0.15) is 17.3 Å². The summed E-state index contributed by atoms with van der Waals surface area (Å²) in [6, 6.07) is 16.9. The van der Waals surface area contributed by atoms with Gasteiger partial charge >= 0.3 is 0 Å². The number of hydrogen-bond acceptors (Lipinski definition) is 4. The first-order valence-electron chi connectivity index (χ1n) is 8.97. The molecule has 0 aliphatic heterocycles. The second-order valence-corrected chi connectivity index (χ2v) is 6.01. The number of rotatable bonds is 7. The number of benzene rings is 2. The van der Waals surface area contributed by atoms with Crippen molar-refractivity contribution in [3.63, 3.8) is 0 Å². The molecule has 3 rings (SSSR count). The van der Waals surface area contributed by atoms with Gasteiger partial charge in [0.15, 0.2) is 0 Å². The number of likely N-dealkylation sites (N-methyl/N-ethyl adjacent to an activating group) is 1. The molecule has 0 spiro atoms. The maximum atomic E-state index is 12.8. The largest absolute Gasteiger partial charge is 0.496 e. The van der Waals surface area contributed by atoms with Crippen LogP contribution in [0.15, 0.2) is 60.8 Å². The zero-order valence-corrected chi connectivity index (χ0v) is 15.8. The standard InChI is InChI=1S/C21H22N4O3/c1-3-22-19(26)13-23-21(27)17-14-25(15-9-5-4-6-10-15)24-20(17)16-11-7-8-12-18(16)28-2/h4-12,14H,3,13H2,1-2H3,(H,22,26)(H,23,27). The van der Waals surface area contributed by atoms with Crippen molar-refractivity contribution in [3.8, 4) is 22.7 Å². The molecule has 0 saturated heterocycles. The SMILES string of the molecule is CCNC(=O)CNC(=O)c1cn(-c2ccccc2)nc1-c1ccccc1OC. The lowest BCUT2D eigenvalue weighted by Gasteiger charge is -2.08. The molecule has 7 heteroatoms. The minimum Gasteiger partial charge on any atom is -0.496 e. The summed E-state index contributed by atoms with van der Waals surface area (Å²) in [5, 5.41) is 9.92. The summed E-state index contributed by atoms with van der Waals surface area (Å²) in [5.74, 6) is -0.0157. The lowest BCUT2D eigenvalue weighted by molar-refractivity contribution is -0.120. The Labute approximate surface area is 163 Å². The first-order chi connectivity index (χ1) is 13.6. The van der Waals surface area contributed by atoms with Crippen LogP contribution < -0.4 is 15.4 Å². The number of nitrogens with one attached hydrogen (secondary N) is 2. The van der Waals surface area contributed by atoms with Gasteiger partial charge in [0, 0.05) is 18.3 Å². The van der Waals surface area contributed by atoms with E-state index in [9.17, 15) is 9.59 Å². The molecular formula is C21H22N4O3. The maximum Gasteiger partial charge on any atom is 0.255 e. The summed E-state index contributed by atoms with van der Waals surface area (Å²) in [5.41, 5.74) is 2.36. The van der Waals surface area contributed by atoms with Gasteiger partial charge in [-0.05, 0) is 31.2 Å². The van der Waals surface area contributed by atoms with Crippen molar-refractivity contribution in [1.29, 1.82) is 0 Å². The highest BCUT2D eigenvalue weighted by molar-refractivity contribution is 6.01. The van der Waals surface area contributed by atoms with Crippen LogP contribution in [0.2, 0.25) is 0 Å². The molecule has 0 unspecified atom stereocenters. The van der Waals surface area contributed by atoms with Gasteiger partial charge in [-0.2, -0.15) is 5.10 Å². The van der Waals surface area contributed by atoms with Crippen LogP contribution in [-0.2, 0) is 4.79 Å². The Hall–Kier alpha value is -3.61. The number of carbonyl (C=O) groups is 2. The first-order valence-corrected chi connectivity index (χ1v) is 8.97. The lowest BCUT2D eigenvalue weighted by Crippen LogP contribution is -2.36. The third-order valence-corrected chi connectivity index (χ3v) is 4.13. The molecule has 144 valence electrons. The average Bonchev–Trinajstić information content (AvgIpc) is 3.18. The molecule has 0 saturated carbocycles. The van der Waals surface area contributed by atoms with E-state index in [1.165, 1.54) is 0 Å². The van der Waals surface area contributed by atoms with Crippen molar-refractivity contribution in [1.82, 2.24) is 20.4 Å². The predicted molar refractivity (Wildman–Crippen MR) is 107 cm³/mol. The van der Waals surface area contributed by atoms with Crippen LogP contribution >= 0.6 is 0 Å². The van der Waals surface area contributed by atoms with Crippen molar-refractivity contribution in [2.24, 2.45) is 0 Å². The van der Waals surface area contributed by atoms with Gasteiger partial charge < -0.3 is 15.4 Å². The van der Waals surface area contributed by atoms with E-state index in [2.05, 4.69) is 15.7 Å². The lowest BCUT2D eigenvalue weighted by atomic mass is 10.1. The maximum absolute atomic E-state index is 12.8. The van der Waals surface area contributed by atoms with E-state index < -0.39 is 0 Å². The molecule has 3 aromatic rings. The zero-order chi connectivity index (χ0) is 19.9. The van der Waals surface area contributed by atoms with Gasteiger partial charge in [-0.15, -0.1) is 0 Å². The molecule has 0 radical (unpaired) electrons. The van der Waals surface area contributed by atoms with Crippen molar-refractivity contribution < 1.29 is 14.3 Å². The number of amides is 2. The number of methoxy groups -OCH3 is 1. The van der Waals surface area contributed by atoms with E-state index in [0.29, 0.717) is 29.1 Å². The first kappa shape index (κ1) is 19.2. The van der Waals surface area contributed by atoms with Gasteiger partial charge in [0.2, 0.25) is 5.91 Å². The predicted octanol–water partition coefficient (Wildman–Crippen LogP) is 2.41. The molecule has 0 bridgehead atoms. The normalized spacial score (nSPS) is 10.4. The van der Waals surface area contributed by atoms with Crippen molar-refractivity contribution in [2.75, 3.05) is 20.2 Å². The van der Waals surface area contributed by atoms with E-state index in [0.717, 1.165) is 5.69 Å². The van der Waals surface area contributed by atoms with Crippen molar-refractivity contribution >= 4 is 11.8 Å². The zero-order valence-electron chi connectivity index (χ0n) is 15.8. The van der Waals surface area contributed by atoms with Crippen molar-refractivity contribution in [3.05, 3.63) is 66.4 Å². The molecular weight excluding hydrogens is 356 g/mol. The average molecular weight is 378 g/mol. The third kappa shape index (κ3) is 4.20. The van der Waals surface area contributed by atoms with Crippen molar-refractivity contribution in [2.45, 2.75) is 6.92 Å². The van der Waals surface area contributed by atoms with E-state index in [4.69, 9.17) is 4.74 Å². The molecule has 1 aromatic heterocycles. The molecule has 28 heavy (non-hydrogen) atoms. The number of hydrogen-bond donors (Lipinski definition) is 2. The summed E-state index contributed by atoms with van der Waals surface area (Å²) < 4.78 is 7.08. The Bertz CT molecular complexity index is 967. The molecule has 0 aliphatic carbocycles. The van der Waals surface area contributed by atoms with Crippen LogP contribution in [-0.4, -0.2) is 41.8 Å². The van der Waals surface area contributed by atoms with Gasteiger partial charge in [-0.25, -0.2) is 4.68 Å². The second kappa shape index (κ2) is 8.85. The van der Waals surface area contributed by atoms with E-state index in [1.807, 2.05) is 61.5 Å². The fourth-order valence-corrected chi connectivity index (χ4v) is 2.81. The minimum atomic E-state index is -0.380. The Morgan fingerprint density at radius 1 is 1.04 bits per heavy atom. The van der Waals surface area contributed by atoms with Crippen LogP contribution in [0.25, 0.3) is 16.9 Å². The number of para-hydroxylation sites is 2. The highest BCUT2D eigenvalue weighted by Gasteiger charge is 2.21. The third-order valence-electron chi connectivity index (χ3n) is 4.13. The highest BCUT2D eigenvalue weighted by atomic mass is 16.5. The van der Waals surface area contributed by atoms with E-state index in [-0.39, 0.29) is 18.4 Å². The van der Waals surface area contributed by atoms with E-state index >= 15 is 0 Å². The van der Waals surface area contributed by atoms with Crippen LogP contribution in [0.4, 0.5) is 0 Å². The summed E-state index contributed by atoms with van der Waals surface area (Å²) in [4.78, 5) is 24.5. The molecule has 0 atom stereocenters. The summed E-state index contributed by atoms with van der Waals surface area (Å²) in [6.45, 7) is 2.23. The number of nitrogens with zero attached hydrogens (tertiary/aromatic N) is 2. The molecule has 2 aromatic carbocycles. The summed E-state index contributed by atoms with van der Waals surface area (Å²) in [6.07, 6.45) is 1.66. The summed E-state index contributed by atoms with van der Waals surface area (Å²) in [7, 11) is 1.57. The molecule has 2 amide bonds. The van der Waals surface area contributed by atoms with E-state index in [1.54, 1.807) is 18.0 Å². The fraction of sp³-hybridized carbons (Fsp3) is 0.190. The van der Waals surface area contributed by atoms with Gasteiger partial charge in [0.1, 0.15) is 11.4 Å². The van der Waals surface area contributed by atoms with Gasteiger partial charge in [-0.3, -0.25) is 9.59 Å². The minimum absolute atomic E-state index is 0.103. The highest BCUT2D eigenvalue weighted by Crippen LogP contribution is 2.31. The molecule has 0 aliphatic rings. The molecule has 2 N–H and O–H groups in total. The Morgan fingerprint density at radius 3 is 2.46 bits per heavy atom. The Kier molecular flexibility index (Phi) is 6.06. The molecule has 1 heterocycles. The second-order valence-electron chi connectivity index (χ2n) is 6.01. The Morgan fingerprint density at radius 2 is 1.75 bits per heavy atom. The quantitative estimate of drug-likeness (QED) is 0.661. The smallest absolute Gasteiger partial charge is 0.255 e. The number of ether oxygens (including phenoxy) is 1. The summed E-state index contributed by atoms with van der Waals surface area (Å²) >= 11 is 0. The van der Waals surface area contributed by atoms with Crippen LogP contribution in [0.3, 0.4) is 0 Å². The van der Waals surface area contributed by atoms with Crippen LogP contribution in [0, 0.1) is 0 Å². The number of aromatic nitrogens is 2. The number of carbonyl (C=O) groups excluding carboxylic acids is 2.